The van der Waals surface area contributed by atoms with Crippen molar-refractivity contribution < 1.29 is 45.1 Å². The van der Waals surface area contributed by atoms with Gasteiger partial charge in [0.15, 0.2) is 0 Å². The molecule has 0 radical (unpaired) electrons. The average Bonchev–Trinajstić information content (AvgIpc) is 2.87. The highest BCUT2D eigenvalue weighted by Crippen LogP contribution is 2.35. The highest BCUT2D eigenvalue weighted by molar-refractivity contribution is 5.98. The van der Waals surface area contributed by atoms with Gasteiger partial charge in [0.25, 0.3) is 11.5 Å². The first-order chi connectivity index (χ1) is 18.5. The number of amides is 1. The van der Waals surface area contributed by atoms with Gasteiger partial charge in [-0.05, 0) is 23.3 Å². The molecule has 0 saturated carbocycles. The average molecular weight is 575 g/mol. The number of nitrogens with zero attached hydrogens (tertiary/aromatic N) is 2. The van der Waals surface area contributed by atoms with Crippen molar-refractivity contribution in [3.63, 3.8) is 0 Å². The molecule has 0 bridgehead atoms. The minimum absolute atomic E-state index is 0.180. The van der Waals surface area contributed by atoms with Gasteiger partial charge in [-0.3, -0.25) is 18.7 Å². The maximum atomic E-state index is 14.2. The minimum Gasteiger partial charge on any atom is -0.467 e. The number of ether oxygens (including phenoxy) is 1. The van der Waals surface area contributed by atoms with Crippen LogP contribution in [0.3, 0.4) is 0 Å². The zero-order chi connectivity index (χ0) is 30.2. The summed E-state index contributed by atoms with van der Waals surface area (Å²) in [6, 6.07) is 4.86. The van der Waals surface area contributed by atoms with Crippen molar-refractivity contribution in [2.45, 2.75) is 24.8 Å². The normalized spacial score (nSPS) is 12.7. The number of methoxy groups -OCH3 is 1. The molecule has 1 N–H and O–H groups in total. The summed E-state index contributed by atoms with van der Waals surface area (Å²) in [4.78, 5) is 49.6. The van der Waals surface area contributed by atoms with E-state index in [-0.39, 0.29) is 15.7 Å². The predicted molar refractivity (Wildman–Crippen MR) is 126 cm³/mol. The number of carbonyl (C=O) groups is 2. The van der Waals surface area contributed by atoms with Crippen molar-refractivity contribution in [1.29, 1.82) is 0 Å². The van der Waals surface area contributed by atoms with Gasteiger partial charge < -0.3 is 10.1 Å². The molecule has 3 rings (SSSR count). The van der Waals surface area contributed by atoms with E-state index in [0.29, 0.717) is 16.7 Å². The third kappa shape index (κ3) is 5.92. The Morgan fingerprint density at radius 3 is 2.05 bits per heavy atom. The lowest BCUT2D eigenvalue weighted by Crippen LogP contribution is -2.44. The molecule has 0 aliphatic rings. The lowest BCUT2D eigenvalue weighted by molar-refractivity contribution is -0.144. The van der Waals surface area contributed by atoms with Crippen LogP contribution in [0.2, 0.25) is 0 Å². The van der Waals surface area contributed by atoms with Crippen molar-refractivity contribution in [3.05, 3.63) is 91.5 Å². The summed E-state index contributed by atoms with van der Waals surface area (Å²) in [6.45, 7) is 0. The van der Waals surface area contributed by atoms with Crippen LogP contribution < -0.4 is 16.6 Å². The number of halogens is 7. The van der Waals surface area contributed by atoms with E-state index in [1.165, 1.54) is 12.1 Å². The van der Waals surface area contributed by atoms with Crippen LogP contribution in [0.4, 0.5) is 30.7 Å². The van der Waals surface area contributed by atoms with E-state index in [1.54, 1.807) is 0 Å². The van der Waals surface area contributed by atoms with Gasteiger partial charge in [-0.25, -0.2) is 14.0 Å². The Labute approximate surface area is 220 Å². The van der Waals surface area contributed by atoms with Gasteiger partial charge in [0, 0.05) is 20.5 Å². The molecule has 3 aromatic rings. The molecule has 0 saturated heterocycles. The van der Waals surface area contributed by atoms with Gasteiger partial charge in [-0.2, -0.15) is 26.3 Å². The Morgan fingerprint density at radius 1 is 0.925 bits per heavy atom. The number of rotatable bonds is 6. The number of hydrogen-bond donors (Lipinski definition) is 1. The predicted octanol–water partition coefficient (Wildman–Crippen LogP) is 3.44. The van der Waals surface area contributed by atoms with Crippen molar-refractivity contribution in [1.82, 2.24) is 14.5 Å². The van der Waals surface area contributed by atoms with Gasteiger partial charge in [-0.15, -0.1) is 0 Å². The van der Waals surface area contributed by atoms with Gasteiger partial charge in [0.05, 0.1) is 23.8 Å². The fourth-order valence-corrected chi connectivity index (χ4v) is 4.04. The molecule has 0 spiro atoms. The quantitative estimate of drug-likeness (QED) is 0.359. The Morgan fingerprint density at radius 2 is 1.52 bits per heavy atom. The monoisotopic (exact) mass is 575 g/mol. The zero-order valence-electron chi connectivity index (χ0n) is 20.9. The van der Waals surface area contributed by atoms with Crippen molar-refractivity contribution >= 4 is 11.9 Å². The highest BCUT2D eigenvalue weighted by Gasteiger charge is 2.40. The standard InChI is InChI=1S/C25H20F7N3O5/c1-34-19(25(30,31)32)17(21(37)35(2)23(34)39)13-9-7-12(8-10-13)11-16(22(38)40-3)33-20(36)18-14(24(27,28)29)5-4-6-15(18)26/h4-10,16H,11H2,1-3H3,(H,33,36)/t16-/m0/s1. The second kappa shape index (κ2) is 11.0. The van der Waals surface area contributed by atoms with Crippen LogP contribution in [0.25, 0.3) is 11.1 Å². The van der Waals surface area contributed by atoms with Crippen LogP contribution in [0.15, 0.2) is 52.1 Å². The van der Waals surface area contributed by atoms with Gasteiger partial charge in [0.2, 0.25) is 0 Å². The number of hydrogen-bond acceptors (Lipinski definition) is 5. The van der Waals surface area contributed by atoms with E-state index < -0.39 is 76.1 Å². The van der Waals surface area contributed by atoms with Crippen LogP contribution >= 0.6 is 0 Å². The summed E-state index contributed by atoms with van der Waals surface area (Å²) in [7, 11) is 2.79. The molecule has 0 unspecified atom stereocenters. The van der Waals surface area contributed by atoms with Crippen molar-refractivity contribution in [2.24, 2.45) is 14.1 Å². The van der Waals surface area contributed by atoms with Crippen LogP contribution in [0.5, 0.6) is 0 Å². The molecule has 214 valence electrons. The summed E-state index contributed by atoms with van der Waals surface area (Å²) >= 11 is 0. The van der Waals surface area contributed by atoms with E-state index in [4.69, 9.17) is 0 Å². The Hall–Kier alpha value is -4.43. The summed E-state index contributed by atoms with van der Waals surface area (Å²) < 4.78 is 101. The largest absolute Gasteiger partial charge is 0.467 e. The fourth-order valence-electron chi connectivity index (χ4n) is 4.04. The topological polar surface area (TPSA) is 99.4 Å². The highest BCUT2D eigenvalue weighted by atomic mass is 19.4. The van der Waals surface area contributed by atoms with Crippen LogP contribution in [-0.2, 0) is 42.4 Å². The molecule has 1 aromatic heterocycles. The Kier molecular flexibility index (Phi) is 8.27. The number of aromatic nitrogens is 2. The molecule has 1 atom stereocenters. The lowest BCUT2D eigenvalue weighted by Gasteiger charge is -2.19. The molecule has 40 heavy (non-hydrogen) atoms. The van der Waals surface area contributed by atoms with Crippen molar-refractivity contribution in [2.75, 3.05) is 7.11 Å². The summed E-state index contributed by atoms with van der Waals surface area (Å²) in [5.41, 5.74) is -7.68. The van der Waals surface area contributed by atoms with Gasteiger partial charge in [0.1, 0.15) is 17.6 Å². The minimum atomic E-state index is -5.08. The molecular weight excluding hydrogens is 555 g/mol. The third-order valence-corrected chi connectivity index (χ3v) is 5.95. The first-order valence-corrected chi connectivity index (χ1v) is 11.2. The van der Waals surface area contributed by atoms with Gasteiger partial charge in [-0.1, -0.05) is 30.3 Å². The Bertz CT molecular complexity index is 1570. The van der Waals surface area contributed by atoms with Crippen LogP contribution in [0.1, 0.15) is 27.2 Å². The first-order valence-electron chi connectivity index (χ1n) is 11.2. The molecule has 8 nitrogen and oxygen atoms in total. The zero-order valence-corrected chi connectivity index (χ0v) is 20.9. The number of carbonyl (C=O) groups excluding carboxylic acids is 2. The third-order valence-electron chi connectivity index (χ3n) is 5.95. The Balaban J connectivity index is 1.99. The van der Waals surface area contributed by atoms with E-state index in [9.17, 15) is 49.9 Å². The fraction of sp³-hybridized carbons (Fsp3) is 0.280. The molecule has 1 heterocycles. The molecule has 0 aliphatic heterocycles. The molecule has 2 aromatic carbocycles. The van der Waals surface area contributed by atoms with E-state index in [0.717, 1.165) is 39.4 Å². The molecule has 0 aliphatic carbocycles. The lowest BCUT2D eigenvalue weighted by atomic mass is 9.99. The molecule has 15 heteroatoms. The number of alkyl halides is 6. The molecular formula is C25H20F7N3O5. The number of nitrogens with one attached hydrogen (secondary N) is 1. The summed E-state index contributed by atoms with van der Waals surface area (Å²) in [5, 5.41) is 2.00. The van der Waals surface area contributed by atoms with E-state index in [1.807, 2.05) is 5.32 Å². The second-order valence-electron chi connectivity index (χ2n) is 8.54. The molecule has 1 amide bonds. The van der Waals surface area contributed by atoms with E-state index in [2.05, 4.69) is 4.74 Å². The summed E-state index contributed by atoms with van der Waals surface area (Å²) in [6.07, 6.45) is -10.6. The number of benzene rings is 2. The number of esters is 1. The smallest absolute Gasteiger partial charge is 0.432 e. The SMILES string of the molecule is COC(=O)[C@H](Cc1ccc(-c2c(C(F)(F)F)n(C)c(=O)n(C)c2=O)cc1)NC(=O)c1c(F)cccc1C(F)(F)F. The summed E-state index contributed by atoms with van der Waals surface area (Å²) in [5.74, 6) is -4.14. The maximum absolute atomic E-state index is 14.2. The first kappa shape index (κ1) is 30.1. The van der Waals surface area contributed by atoms with Crippen LogP contribution in [-0.4, -0.2) is 34.2 Å². The van der Waals surface area contributed by atoms with Gasteiger partial charge >= 0.3 is 24.0 Å². The molecule has 0 fully saturated rings. The van der Waals surface area contributed by atoms with E-state index >= 15 is 0 Å². The van der Waals surface area contributed by atoms with Crippen LogP contribution in [0, 0.1) is 5.82 Å². The second-order valence-corrected chi connectivity index (χ2v) is 8.54. The maximum Gasteiger partial charge on any atom is 0.432 e. The van der Waals surface area contributed by atoms with Crippen molar-refractivity contribution in [3.8, 4) is 11.1 Å².